The van der Waals surface area contributed by atoms with Gasteiger partial charge in [0.1, 0.15) is 0 Å². The van der Waals surface area contributed by atoms with Crippen molar-refractivity contribution in [3.8, 4) is 11.3 Å². The number of carbonyl (C=O) groups excluding carboxylic acids is 1. The molecule has 0 radical (unpaired) electrons. The maximum Gasteiger partial charge on any atom is 0.412 e. The first-order valence-electron chi connectivity index (χ1n) is 17.0. The normalized spacial score (nSPS) is 18.8. The Morgan fingerprint density at radius 1 is 1.00 bits per heavy atom. The number of nitrogens with zero attached hydrogens (tertiary/aromatic N) is 3. The third kappa shape index (κ3) is 7.88. The van der Waals surface area contributed by atoms with Crippen LogP contribution in [0.3, 0.4) is 0 Å². The van der Waals surface area contributed by atoms with E-state index in [1.54, 1.807) is 13.2 Å². The lowest BCUT2D eigenvalue weighted by atomic mass is 9.93. The summed E-state index contributed by atoms with van der Waals surface area (Å²) < 4.78 is 74.6. The van der Waals surface area contributed by atoms with Crippen LogP contribution in [0, 0.1) is 6.92 Å². The van der Waals surface area contributed by atoms with E-state index in [1.165, 1.54) is 42.5 Å². The molecule has 2 atom stereocenters. The molecular formula is C38H43F3N4O4S. The van der Waals surface area contributed by atoms with Gasteiger partial charge in [-0.2, -0.15) is 13.2 Å². The van der Waals surface area contributed by atoms with Crippen molar-refractivity contribution in [3.63, 3.8) is 0 Å². The van der Waals surface area contributed by atoms with Crippen molar-refractivity contribution < 1.29 is 31.1 Å². The van der Waals surface area contributed by atoms with Gasteiger partial charge in [0.15, 0.2) is 15.9 Å². The number of carbonyl (C=O) groups is 1. The van der Waals surface area contributed by atoms with Crippen molar-refractivity contribution in [2.45, 2.75) is 68.3 Å². The first-order chi connectivity index (χ1) is 23.8. The number of alkyl halides is 3. The maximum atomic E-state index is 14.6. The second kappa shape index (κ2) is 14.8. The molecule has 6 rings (SSSR count). The molecule has 50 heavy (non-hydrogen) atoms. The highest BCUT2D eigenvalue weighted by molar-refractivity contribution is 7.90. The molecule has 0 bridgehead atoms. The van der Waals surface area contributed by atoms with Crippen LogP contribution in [-0.2, 0) is 21.1 Å². The lowest BCUT2D eigenvalue weighted by molar-refractivity contribution is -0.155. The minimum Gasteiger partial charge on any atom is -0.383 e. The Balaban J connectivity index is 1.46. The summed E-state index contributed by atoms with van der Waals surface area (Å²) in [5.74, 6) is -0.951. The van der Waals surface area contributed by atoms with Crippen LogP contribution in [0.5, 0.6) is 0 Å². The zero-order chi connectivity index (χ0) is 35.6. The number of aromatic nitrogens is 1. The fourth-order valence-corrected chi connectivity index (χ4v) is 8.15. The number of pyridine rings is 1. The molecule has 2 saturated heterocycles. The van der Waals surface area contributed by atoms with Crippen LogP contribution in [0.15, 0.2) is 77.7 Å². The van der Waals surface area contributed by atoms with Crippen LogP contribution in [0.4, 0.5) is 13.2 Å². The number of likely N-dealkylation sites (tertiary alicyclic amines) is 2. The van der Waals surface area contributed by atoms with E-state index in [2.05, 4.69) is 15.1 Å². The number of hydrogen-bond donors (Lipinski definition) is 1. The highest BCUT2D eigenvalue weighted by Gasteiger charge is 2.43. The quantitative estimate of drug-likeness (QED) is 0.196. The molecule has 0 saturated carbocycles. The van der Waals surface area contributed by atoms with Crippen molar-refractivity contribution in [2.75, 3.05) is 39.6 Å². The minimum absolute atomic E-state index is 0.0102. The molecule has 3 heterocycles. The number of rotatable bonds is 10. The molecule has 1 N–H and O–H groups in total. The molecule has 4 aromatic rings. The summed E-state index contributed by atoms with van der Waals surface area (Å²) in [6.07, 6.45) is 0.282. The van der Waals surface area contributed by atoms with Crippen LogP contribution in [0.2, 0.25) is 0 Å². The van der Waals surface area contributed by atoms with Gasteiger partial charge in [0.25, 0.3) is 5.91 Å². The SMILES string of the molecule is COC[C@@H]1CCCN1C1CCN(Cc2c(-c3cccc(C)c3)nc3ccc(S(C)(=O)=O)cc3c2C(=O)N[C@H](c2ccccc2)C(F)(F)F)CC1. The van der Waals surface area contributed by atoms with Crippen LogP contribution < -0.4 is 5.32 Å². The van der Waals surface area contributed by atoms with E-state index >= 15 is 0 Å². The molecule has 266 valence electrons. The Morgan fingerprint density at radius 3 is 2.40 bits per heavy atom. The number of aryl methyl sites for hydroxylation is 1. The van der Waals surface area contributed by atoms with Gasteiger partial charge in [0.2, 0.25) is 0 Å². The lowest BCUT2D eigenvalue weighted by Crippen LogP contribution is -2.47. The molecule has 12 heteroatoms. The van der Waals surface area contributed by atoms with Crippen molar-refractivity contribution in [1.82, 2.24) is 20.1 Å². The van der Waals surface area contributed by atoms with Gasteiger partial charge in [-0.15, -0.1) is 0 Å². The van der Waals surface area contributed by atoms with Crippen LogP contribution in [0.25, 0.3) is 22.2 Å². The molecule has 2 fully saturated rings. The molecule has 0 unspecified atom stereocenters. The monoisotopic (exact) mass is 708 g/mol. The van der Waals surface area contributed by atoms with Crippen molar-refractivity contribution in [2.24, 2.45) is 0 Å². The average molecular weight is 709 g/mol. The molecule has 0 spiro atoms. The fraction of sp³-hybridized carbons (Fsp3) is 0.421. The van der Waals surface area contributed by atoms with Gasteiger partial charge in [-0.25, -0.2) is 13.4 Å². The topological polar surface area (TPSA) is 91.8 Å². The molecule has 3 aromatic carbocycles. The second-order valence-corrected chi connectivity index (χ2v) is 15.5. The number of benzene rings is 3. The van der Waals surface area contributed by atoms with E-state index in [1.807, 2.05) is 31.2 Å². The van der Waals surface area contributed by atoms with E-state index in [0.29, 0.717) is 54.1 Å². The summed E-state index contributed by atoms with van der Waals surface area (Å²) in [5, 5.41) is 2.47. The number of sulfone groups is 1. The Bertz CT molecular complexity index is 1950. The minimum atomic E-state index is -4.80. The summed E-state index contributed by atoms with van der Waals surface area (Å²) in [6, 6.07) is 17.6. The largest absolute Gasteiger partial charge is 0.412 e. The Labute approximate surface area is 291 Å². The van der Waals surface area contributed by atoms with Gasteiger partial charge in [-0.05, 0) is 82.1 Å². The number of fused-ring (bicyclic) bond motifs is 1. The number of amides is 1. The summed E-state index contributed by atoms with van der Waals surface area (Å²) in [4.78, 5) is 24.1. The van der Waals surface area contributed by atoms with Gasteiger partial charge in [0, 0.05) is 48.5 Å². The summed E-state index contributed by atoms with van der Waals surface area (Å²) >= 11 is 0. The van der Waals surface area contributed by atoms with Gasteiger partial charge >= 0.3 is 6.18 Å². The Morgan fingerprint density at radius 2 is 1.74 bits per heavy atom. The van der Waals surface area contributed by atoms with E-state index in [0.717, 1.165) is 44.0 Å². The van der Waals surface area contributed by atoms with Gasteiger partial charge in [-0.1, -0.05) is 54.1 Å². The van der Waals surface area contributed by atoms with Gasteiger partial charge < -0.3 is 10.1 Å². The molecule has 2 aliphatic heterocycles. The molecule has 0 aliphatic carbocycles. The predicted octanol–water partition coefficient (Wildman–Crippen LogP) is 6.72. The van der Waals surface area contributed by atoms with Crippen LogP contribution >= 0.6 is 0 Å². The van der Waals surface area contributed by atoms with Crippen LogP contribution in [0.1, 0.15) is 58.8 Å². The van der Waals surface area contributed by atoms with E-state index in [-0.39, 0.29) is 28.0 Å². The molecule has 1 amide bonds. The summed E-state index contributed by atoms with van der Waals surface area (Å²) in [6.45, 7) is 5.33. The number of piperidine rings is 1. The van der Waals surface area contributed by atoms with E-state index in [4.69, 9.17) is 9.72 Å². The maximum absolute atomic E-state index is 14.6. The van der Waals surface area contributed by atoms with Gasteiger partial charge in [-0.3, -0.25) is 14.6 Å². The van der Waals surface area contributed by atoms with Crippen molar-refractivity contribution in [1.29, 1.82) is 0 Å². The highest BCUT2D eigenvalue weighted by Crippen LogP contribution is 2.37. The average Bonchev–Trinajstić information content (AvgIpc) is 3.54. The Hall–Kier alpha value is -3.84. The first kappa shape index (κ1) is 36.0. The summed E-state index contributed by atoms with van der Waals surface area (Å²) in [5.41, 5.74) is 2.78. The second-order valence-electron chi connectivity index (χ2n) is 13.5. The summed E-state index contributed by atoms with van der Waals surface area (Å²) in [7, 11) is -1.99. The molecular weight excluding hydrogens is 666 g/mol. The standard InChI is InChI=1S/C38H43F3N4O4S/c1-25-9-7-12-27(21-25)35-32(23-44-19-16-28(17-20-44)45-18-8-13-29(45)24-49-2)34(31-22-30(50(3,47)48)14-15-33(31)42-35)37(46)43-36(38(39,40)41)26-10-5-4-6-11-26/h4-7,9-12,14-15,21-22,28-29,36H,8,13,16-20,23-24H2,1-3H3,(H,43,46)/t29-,36+/m0/s1. The van der Waals surface area contributed by atoms with Gasteiger partial charge in [0.05, 0.1) is 28.3 Å². The van der Waals surface area contributed by atoms with Crippen LogP contribution in [-0.4, -0.2) is 87.0 Å². The van der Waals surface area contributed by atoms with Crippen molar-refractivity contribution >= 4 is 26.6 Å². The molecule has 8 nitrogen and oxygen atoms in total. The number of methoxy groups -OCH3 is 1. The highest BCUT2D eigenvalue weighted by atomic mass is 32.2. The third-order valence-corrected chi connectivity index (χ3v) is 11.0. The number of hydrogen-bond acceptors (Lipinski definition) is 7. The molecule has 2 aliphatic rings. The third-order valence-electron chi connectivity index (χ3n) is 9.93. The first-order valence-corrected chi connectivity index (χ1v) is 18.9. The number of halogens is 3. The Kier molecular flexibility index (Phi) is 10.6. The van der Waals surface area contributed by atoms with Crippen molar-refractivity contribution in [3.05, 3.63) is 95.1 Å². The predicted molar refractivity (Wildman–Crippen MR) is 188 cm³/mol. The lowest BCUT2D eigenvalue weighted by Gasteiger charge is -2.39. The zero-order valence-corrected chi connectivity index (χ0v) is 29.4. The van der Waals surface area contributed by atoms with E-state index in [9.17, 15) is 26.4 Å². The fourth-order valence-electron chi connectivity index (χ4n) is 7.50. The number of ether oxygens (including phenoxy) is 1. The molecule has 1 aromatic heterocycles. The zero-order valence-electron chi connectivity index (χ0n) is 28.5. The smallest absolute Gasteiger partial charge is 0.383 e. The van der Waals surface area contributed by atoms with E-state index < -0.39 is 28.0 Å². The number of nitrogens with one attached hydrogen (secondary N) is 1.